The summed E-state index contributed by atoms with van der Waals surface area (Å²) >= 11 is 0. The zero-order chi connectivity index (χ0) is 13.9. The van der Waals surface area contributed by atoms with Crippen molar-refractivity contribution in [2.45, 2.75) is 25.7 Å². The summed E-state index contributed by atoms with van der Waals surface area (Å²) in [6.45, 7) is 2.00. The third-order valence-electron chi connectivity index (χ3n) is 3.32. The number of piperidine rings is 1. The van der Waals surface area contributed by atoms with Gasteiger partial charge in [-0.1, -0.05) is 19.1 Å². The Kier molecular flexibility index (Phi) is 4.14. The van der Waals surface area contributed by atoms with Crippen molar-refractivity contribution in [3.8, 4) is 0 Å². The maximum Gasteiger partial charge on any atom is 0.261 e. The van der Waals surface area contributed by atoms with Crippen molar-refractivity contribution in [3.05, 3.63) is 29.8 Å². The molecule has 1 aromatic carbocycles. The second kappa shape index (κ2) is 5.65. The Morgan fingerprint density at radius 2 is 2.11 bits per heavy atom. The van der Waals surface area contributed by atoms with Crippen LogP contribution in [-0.2, 0) is 11.2 Å². The number of amides is 1. The molecule has 0 aromatic heterocycles. The lowest BCUT2D eigenvalue weighted by atomic mass is 9.96. The number of rotatable bonds is 3. The van der Waals surface area contributed by atoms with Crippen LogP contribution in [0.2, 0.25) is 0 Å². The third kappa shape index (κ3) is 3.73. The number of nitrogens with one attached hydrogen (secondary N) is 2. The predicted molar refractivity (Wildman–Crippen MR) is 70.4 cm³/mol. The van der Waals surface area contributed by atoms with Crippen molar-refractivity contribution in [3.63, 3.8) is 0 Å². The first-order valence-electron chi connectivity index (χ1n) is 6.48. The minimum atomic E-state index is -2.80. The van der Waals surface area contributed by atoms with Gasteiger partial charge in [0.25, 0.3) is 5.92 Å². The van der Waals surface area contributed by atoms with Gasteiger partial charge in [0, 0.05) is 18.7 Å². The zero-order valence-corrected chi connectivity index (χ0v) is 10.9. The van der Waals surface area contributed by atoms with Gasteiger partial charge in [-0.05, 0) is 24.1 Å². The van der Waals surface area contributed by atoms with Crippen molar-refractivity contribution in [1.82, 2.24) is 5.32 Å². The molecule has 0 spiro atoms. The number of hydrogen-bond acceptors (Lipinski definition) is 2. The molecule has 0 bridgehead atoms. The molecular formula is C14H18F2N2O. The van der Waals surface area contributed by atoms with Crippen LogP contribution in [0.4, 0.5) is 14.5 Å². The Balaban J connectivity index is 1.96. The molecular weight excluding hydrogens is 250 g/mol. The summed E-state index contributed by atoms with van der Waals surface area (Å²) < 4.78 is 26.4. The molecule has 0 saturated carbocycles. The lowest BCUT2D eigenvalue weighted by Crippen LogP contribution is -2.47. The normalized spacial score (nSPS) is 21.9. The minimum Gasteiger partial charge on any atom is -0.326 e. The second-order valence-corrected chi connectivity index (χ2v) is 4.93. The molecule has 1 heterocycles. The van der Waals surface area contributed by atoms with Gasteiger partial charge in [-0.2, -0.15) is 0 Å². The molecule has 19 heavy (non-hydrogen) atoms. The number of anilines is 1. The largest absolute Gasteiger partial charge is 0.326 e. The van der Waals surface area contributed by atoms with E-state index in [0.29, 0.717) is 12.2 Å². The predicted octanol–water partition coefficient (Wildman–Crippen LogP) is 2.43. The molecule has 0 radical (unpaired) electrons. The number of halogens is 2. The fourth-order valence-corrected chi connectivity index (χ4v) is 2.19. The fourth-order valence-electron chi connectivity index (χ4n) is 2.19. The Labute approximate surface area is 111 Å². The van der Waals surface area contributed by atoms with Gasteiger partial charge >= 0.3 is 0 Å². The van der Waals surface area contributed by atoms with Crippen molar-refractivity contribution >= 4 is 11.6 Å². The molecule has 104 valence electrons. The highest BCUT2D eigenvalue weighted by Crippen LogP contribution is 2.27. The van der Waals surface area contributed by atoms with Gasteiger partial charge in [-0.3, -0.25) is 4.79 Å². The van der Waals surface area contributed by atoms with E-state index in [1.54, 1.807) is 12.1 Å². The highest BCUT2D eigenvalue weighted by molar-refractivity contribution is 5.92. The van der Waals surface area contributed by atoms with Gasteiger partial charge < -0.3 is 10.6 Å². The van der Waals surface area contributed by atoms with E-state index in [4.69, 9.17) is 0 Å². The van der Waals surface area contributed by atoms with Crippen LogP contribution >= 0.6 is 0 Å². The summed E-state index contributed by atoms with van der Waals surface area (Å²) in [4.78, 5) is 11.9. The van der Waals surface area contributed by atoms with Crippen LogP contribution in [0, 0.1) is 5.92 Å². The molecule has 0 aliphatic carbocycles. The Bertz CT molecular complexity index is 445. The number of carbonyl (C=O) groups excluding carboxylic acids is 1. The quantitative estimate of drug-likeness (QED) is 0.884. The summed E-state index contributed by atoms with van der Waals surface area (Å²) in [6.07, 6.45) is 0.534. The van der Waals surface area contributed by atoms with E-state index in [-0.39, 0.29) is 12.5 Å². The summed E-state index contributed by atoms with van der Waals surface area (Å²) in [5, 5.41) is 5.29. The second-order valence-electron chi connectivity index (χ2n) is 4.93. The summed E-state index contributed by atoms with van der Waals surface area (Å²) in [6, 6.07) is 7.43. The molecule has 1 amide bonds. The third-order valence-corrected chi connectivity index (χ3v) is 3.32. The van der Waals surface area contributed by atoms with Crippen molar-refractivity contribution in [1.29, 1.82) is 0 Å². The number of hydrogen-bond donors (Lipinski definition) is 2. The molecule has 2 N–H and O–H groups in total. The zero-order valence-electron chi connectivity index (χ0n) is 10.9. The van der Waals surface area contributed by atoms with Crippen molar-refractivity contribution < 1.29 is 13.6 Å². The van der Waals surface area contributed by atoms with Gasteiger partial charge in [-0.25, -0.2) is 8.78 Å². The molecule has 1 atom stereocenters. The highest BCUT2D eigenvalue weighted by atomic mass is 19.3. The summed E-state index contributed by atoms with van der Waals surface area (Å²) in [5.41, 5.74) is 1.82. The molecule has 1 saturated heterocycles. The van der Waals surface area contributed by atoms with Crippen LogP contribution in [0.25, 0.3) is 0 Å². The maximum absolute atomic E-state index is 13.2. The maximum atomic E-state index is 13.2. The van der Waals surface area contributed by atoms with Gasteiger partial charge in [0.15, 0.2) is 0 Å². The lowest BCUT2D eigenvalue weighted by molar-refractivity contribution is -0.125. The minimum absolute atomic E-state index is 0.300. The van der Waals surface area contributed by atoms with Gasteiger partial charge in [0.2, 0.25) is 5.91 Å². The molecule has 1 aliphatic heterocycles. The van der Waals surface area contributed by atoms with Crippen molar-refractivity contribution in [2.24, 2.45) is 5.92 Å². The topological polar surface area (TPSA) is 41.1 Å². The van der Waals surface area contributed by atoms with Crippen LogP contribution in [0.15, 0.2) is 24.3 Å². The first-order valence-corrected chi connectivity index (χ1v) is 6.48. The average Bonchev–Trinajstić information content (AvgIpc) is 2.38. The number of carbonyl (C=O) groups is 1. The molecule has 1 aromatic rings. The van der Waals surface area contributed by atoms with E-state index in [0.717, 1.165) is 6.42 Å². The molecule has 1 unspecified atom stereocenters. The van der Waals surface area contributed by atoms with Crippen molar-refractivity contribution in [2.75, 3.05) is 18.4 Å². The molecule has 3 nitrogen and oxygen atoms in total. The number of aryl methyl sites for hydroxylation is 1. The van der Waals surface area contributed by atoms with E-state index in [1.165, 1.54) is 5.56 Å². The first-order chi connectivity index (χ1) is 9.00. The van der Waals surface area contributed by atoms with E-state index in [1.807, 2.05) is 19.1 Å². The first kappa shape index (κ1) is 13.9. The molecule has 2 rings (SSSR count). The summed E-state index contributed by atoms with van der Waals surface area (Å²) in [5.74, 6) is -3.84. The number of alkyl halides is 2. The number of benzene rings is 1. The Morgan fingerprint density at radius 3 is 2.68 bits per heavy atom. The van der Waals surface area contributed by atoms with Gasteiger partial charge in [-0.15, -0.1) is 0 Å². The van der Waals surface area contributed by atoms with Crippen LogP contribution < -0.4 is 10.6 Å². The van der Waals surface area contributed by atoms with Crippen LogP contribution in [-0.4, -0.2) is 24.9 Å². The van der Waals surface area contributed by atoms with E-state index >= 15 is 0 Å². The van der Waals surface area contributed by atoms with Crippen LogP contribution in [0.3, 0.4) is 0 Å². The standard InChI is InChI=1S/C14H18F2N2O/c1-2-10-3-5-12(6-4-10)18-13(19)11-7-14(15,16)9-17-8-11/h3-6,11,17H,2,7-9H2,1H3,(H,18,19). The lowest BCUT2D eigenvalue weighted by Gasteiger charge is -2.28. The van der Waals surface area contributed by atoms with Gasteiger partial charge in [0.05, 0.1) is 12.5 Å². The summed E-state index contributed by atoms with van der Waals surface area (Å²) in [7, 11) is 0. The molecule has 1 fully saturated rings. The van der Waals surface area contributed by atoms with Gasteiger partial charge in [0.1, 0.15) is 0 Å². The fraction of sp³-hybridized carbons (Fsp3) is 0.500. The smallest absolute Gasteiger partial charge is 0.261 e. The Hall–Kier alpha value is -1.49. The SMILES string of the molecule is CCc1ccc(NC(=O)C2CNCC(F)(F)C2)cc1. The van der Waals surface area contributed by atoms with Crippen LogP contribution in [0.1, 0.15) is 18.9 Å². The average molecular weight is 268 g/mol. The monoisotopic (exact) mass is 268 g/mol. The molecule has 5 heteroatoms. The highest BCUT2D eigenvalue weighted by Gasteiger charge is 2.39. The Morgan fingerprint density at radius 1 is 1.42 bits per heavy atom. The van der Waals surface area contributed by atoms with E-state index < -0.39 is 18.3 Å². The molecule has 1 aliphatic rings. The van der Waals surface area contributed by atoms with E-state index in [9.17, 15) is 13.6 Å². The van der Waals surface area contributed by atoms with Crippen LogP contribution in [0.5, 0.6) is 0 Å². The van der Waals surface area contributed by atoms with E-state index in [2.05, 4.69) is 10.6 Å².